The molecule has 5 N–H and O–H groups in total. The van der Waals surface area contributed by atoms with E-state index in [0.29, 0.717) is 17.9 Å². The Hall–Kier alpha value is -2.13. The van der Waals surface area contributed by atoms with Crippen molar-refractivity contribution >= 4 is 21.4 Å². The molecule has 1 aromatic heterocycles. The Balaban J connectivity index is 2.21. The van der Waals surface area contributed by atoms with Gasteiger partial charge in [0.15, 0.2) is 5.82 Å². The van der Waals surface area contributed by atoms with Crippen LogP contribution in [0.4, 0.5) is 11.4 Å². The van der Waals surface area contributed by atoms with Crippen molar-refractivity contribution in [2.45, 2.75) is 24.9 Å². The average Bonchev–Trinajstić information content (AvgIpc) is 2.83. The third kappa shape index (κ3) is 3.06. The summed E-state index contributed by atoms with van der Waals surface area (Å²) in [4.78, 5) is 0.00570. The summed E-state index contributed by atoms with van der Waals surface area (Å²) in [5.41, 5.74) is 6.72. The highest BCUT2D eigenvalue weighted by Gasteiger charge is 2.11. The van der Waals surface area contributed by atoms with Gasteiger partial charge in [-0.1, -0.05) is 0 Å². The van der Waals surface area contributed by atoms with E-state index in [1.807, 2.05) is 11.5 Å². The molecule has 9 heteroatoms. The number of nitrogen functional groups attached to an aromatic ring is 1. The molecule has 108 valence electrons. The third-order valence-electron chi connectivity index (χ3n) is 2.83. The zero-order valence-electron chi connectivity index (χ0n) is 10.9. The molecule has 0 aliphatic rings. The molecule has 0 radical (unpaired) electrons. The van der Waals surface area contributed by atoms with Crippen molar-refractivity contribution in [3.05, 3.63) is 30.4 Å². The molecule has 8 nitrogen and oxygen atoms in total. The van der Waals surface area contributed by atoms with Crippen molar-refractivity contribution in [1.82, 2.24) is 14.8 Å². The molecular weight excluding hydrogens is 280 g/mol. The molecule has 0 unspecified atom stereocenters. The minimum atomic E-state index is -3.76. The lowest BCUT2D eigenvalue weighted by molar-refractivity contribution is 0.598. The van der Waals surface area contributed by atoms with Crippen molar-refractivity contribution in [1.29, 1.82) is 0 Å². The summed E-state index contributed by atoms with van der Waals surface area (Å²) in [5.74, 6) is 0.730. The van der Waals surface area contributed by atoms with E-state index in [-0.39, 0.29) is 4.90 Å². The first-order chi connectivity index (χ1) is 9.41. The van der Waals surface area contributed by atoms with Crippen LogP contribution in [-0.4, -0.2) is 23.2 Å². The van der Waals surface area contributed by atoms with Gasteiger partial charge in [0, 0.05) is 6.54 Å². The number of hydrogen-bond donors (Lipinski definition) is 3. The first-order valence-corrected chi connectivity index (χ1v) is 7.49. The minimum absolute atomic E-state index is 0.00570. The molecule has 0 aliphatic carbocycles. The number of sulfonamides is 1. The summed E-state index contributed by atoms with van der Waals surface area (Å²) in [5, 5.41) is 15.9. The maximum absolute atomic E-state index is 11.3. The van der Waals surface area contributed by atoms with Crippen LogP contribution in [0.15, 0.2) is 29.4 Å². The Morgan fingerprint density at radius 3 is 2.80 bits per heavy atom. The van der Waals surface area contributed by atoms with E-state index in [4.69, 9.17) is 10.9 Å². The maximum Gasteiger partial charge on any atom is 0.238 e. The molecule has 0 fully saturated rings. The molecular formula is C11H16N6O2S. The number of nitrogens with two attached hydrogens (primary N) is 2. The van der Waals surface area contributed by atoms with Gasteiger partial charge < -0.3 is 15.6 Å². The smallest absolute Gasteiger partial charge is 0.238 e. The summed E-state index contributed by atoms with van der Waals surface area (Å²) in [7, 11) is -3.76. The zero-order valence-corrected chi connectivity index (χ0v) is 11.8. The lowest BCUT2D eigenvalue weighted by Crippen LogP contribution is -2.13. The lowest BCUT2D eigenvalue weighted by atomic mass is 10.2. The number of hydrogen-bond acceptors (Lipinski definition) is 6. The van der Waals surface area contributed by atoms with Crippen molar-refractivity contribution in [2.24, 2.45) is 5.14 Å². The highest BCUT2D eigenvalue weighted by Crippen LogP contribution is 2.22. The van der Waals surface area contributed by atoms with Crippen LogP contribution in [0.3, 0.4) is 0 Å². The molecule has 2 aromatic rings. The van der Waals surface area contributed by atoms with Crippen LogP contribution in [-0.2, 0) is 23.1 Å². The maximum atomic E-state index is 11.3. The van der Waals surface area contributed by atoms with Crippen LogP contribution in [0.25, 0.3) is 0 Å². The largest absolute Gasteiger partial charge is 0.397 e. The second-order valence-corrected chi connectivity index (χ2v) is 5.74. The van der Waals surface area contributed by atoms with E-state index in [9.17, 15) is 8.42 Å². The van der Waals surface area contributed by atoms with Crippen LogP contribution in [0.5, 0.6) is 0 Å². The predicted octanol–water partition coefficient (Wildman–Crippen LogP) is 0.140. The second kappa shape index (κ2) is 5.47. The summed E-state index contributed by atoms with van der Waals surface area (Å²) in [6.07, 6.45) is 1.63. The second-order valence-electron chi connectivity index (χ2n) is 4.18. The Bertz CT molecular complexity index is 709. The molecule has 1 aromatic carbocycles. The highest BCUT2D eigenvalue weighted by atomic mass is 32.2. The van der Waals surface area contributed by atoms with Crippen LogP contribution >= 0.6 is 0 Å². The number of aromatic nitrogens is 3. The average molecular weight is 296 g/mol. The fraction of sp³-hybridized carbons (Fsp3) is 0.273. The minimum Gasteiger partial charge on any atom is -0.397 e. The van der Waals surface area contributed by atoms with Crippen LogP contribution in [0, 0.1) is 0 Å². The normalized spacial score (nSPS) is 11.5. The van der Waals surface area contributed by atoms with Crippen LogP contribution in [0.2, 0.25) is 0 Å². The van der Waals surface area contributed by atoms with Crippen LogP contribution < -0.4 is 16.2 Å². The van der Waals surface area contributed by atoms with E-state index < -0.39 is 10.0 Å². The van der Waals surface area contributed by atoms with Crippen molar-refractivity contribution in [2.75, 3.05) is 11.1 Å². The van der Waals surface area contributed by atoms with Gasteiger partial charge in [0.2, 0.25) is 10.0 Å². The van der Waals surface area contributed by atoms with Gasteiger partial charge in [0.1, 0.15) is 6.33 Å². The van der Waals surface area contributed by atoms with Gasteiger partial charge in [-0.25, -0.2) is 13.6 Å². The summed E-state index contributed by atoms with van der Waals surface area (Å²) >= 11 is 0. The number of aryl methyl sites for hydroxylation is 1. The molecule has 0 saturated heterocycles. The summed E-state index contributed by atoms with van der Waals surface area (Å²) in [6, 6.07) is 4.26. The van der Waals surface area contributed by atoms with Gasteiger partial charge in [-0.15, -0.1) is 10.2 Å². The first-order valence-electron chi connectivity index (χ1n) is 5.94. The first kappa shape index (κ1) is 14.3. The Labute approximate surface area is 116 Å². The number of nitrogens with one attached hydrogen (secondary N) is 1. The lowest BCUT2D eigenvalue weighted by Gasteiger charge is -2.10. The third-order valence-corrected chi connectivity index (χ3v) is 3.74. The molecule has 0 saturated carbocycles. The Morgan fingerprint density at radius 1 is 1.40 bits per heavy atom. The van der Waals surface area contributed by atoms with Gasteiger partial charge >= 0.3 is 0 Å². The van der Waals surface area contributed by atoms with E-state index in [1.54, 1.807) is 6.33 Å². The van der Waals surface area contributed by atoms with Crippen molar-refractivity contribution < 1.29 is 8.42 Å². The number of anilines is 2. The van der Waals surface area contributed by atoms with Crippen molar-refractivity contribution in [3.63, 3.8) is 0 Å². The number of nitrogens with zero attached hydrogens (tertiary/aromatic N) is 3. The summed E-state index contributed by atoms with van der Waals surface area (Å²) < 4.78 is 24.5. The van der Waals surface area contributed by atoms with Crippen LogP contribution in [0.1, 0.15) is 12.7 Å². The Morgan fingerprint density at radius 2 is 2.15 bits per heavy atom. The highest BCUT2D eigenvalue weighted by molar-refractivity contribution is 7.89. The quantitative estimate of drug-likeness (QED) is 0.673. The molecule has 0 atom stereocenters. The van der Waals surface area contributed by atoms with Gasteiger partial charge in [-0.3, -0.25) is 0 Å². The zero-order chi connectivity index (χ0) is 14.8. The van der Waals surface area contributed by atoms with Gasteiger partial charge in [-0.05, 0) is 25.1 Å². The topological polar surface area (TPSA) is 129 Å². The SMILES string of the molecule is CCn1cnnc1CNc1cc(S(N)(=O)=O)ccc1N. The molecule has 2 rings (SSSR count). The fourth-order valence-corrected chi connectivity index (χ4v) is 2.26. The molecule has 0 spiro atoms. The van der Waals surface area contributed by atoms with Crippen molar-refractivity contribution in [3.8, 4) is 0 Å². The van der Waals surface area contributed by atoms with Gasteiger partial charge in [-0.2, -0.15) is 0 Å². The van der Waals surface area contributed by atoms with E-state index in [2.05, 4.69) is 15.5 Å². The van der Waals surface area contributed by atoms with E-state index in [0.717, 1.165) is 12.4 Å². The van der Waals surface area contributed by atoms with E-state index >= 15 is 0 Å². The monoisotopic (exact) mass is 296 g/mol. The number of primary sulfonamides is 1. The standard InChI is InChI=1S/C11H16N6O2S/c1-2-17-7-15-16-11(17)6-14-10-5-8(20(13,18)19)3-4-9(10)12/h3-5,7,14H,2,6,12H2,1H3,(H2,13,18,19). The predicted molar refractivity (Wildman–Crippen MR) is 75.3 cm³/mol. The number of rotatable bonds is 5. The number of benzene rings is 1. The molecule has 0 amide bonds. The molecule has 0 aliphatic heterocycles. The van der Waals surface area contributed by atoms with E-state index in [1.165, 1.54) is 18.2 Å². The van der Waals surface area contributed by atoms with Gasteiger partial charge in [0.05, 0.1) is 22.8 Å². The summed E-state index contributed by atoms with van der Waals surface area (Å²) in [6.45, 7) is 3.10. The Kier molecular flexibility index (Phi) is 3.91. The molecule has 0 bridgehead atoms. The van der Waals surface area contributed by atoms with Gasteiger partial charge in [0.25, 0.3) is 0 Å². The molecule has 20 heavy (non-hydrogen) atoms. The fourth-order valence-electron chi connectivity index (χ4n) is 1.72. The molecule has 1 heterocycles.